The molecule has 0 heterocycles. The number of halogens is 2. The predicted octanol–water partition coefficient (Wildman–Crippen LogP) is 5.92. The molecule has 0 aliphatic heterocycles. The lowest BCUT2D eigenvalue weighted by Gasteiger charge is -2.34. The van der Waals surface area contributed by atoms with Gasteiger partial charge in [-0.2, -0.15) is 0 Å². The number of nitrogens with one attached hydrogen (secondary N) is 1. The molecule has 1 nitrogen and oxygen atoms in total. The molecule has 0 spiro atoms. The van der Waals surface area contributed by atoms with E-state index in [1.54, 1.807) is 0 Å². The van der Waals surface area contributed by atoms with Crippen molar-refractivity contribution < 1.29 is 0 Å². The predicted molar refractivity (Wildman–Crippen MR) is 99.0 cm³/mol. The van der Waals surface area contributed by atoms with E-state index in [1.165, 1.54) is 45.7 Å². The van der Waals surface area contributed by atoms with E-state index in [0.717, 1.165) is 18.4 Å². The van der Waals surface area contributed by atoms with Crippen LogP contribution >= 0.6 is 38.5 Å². The fourth-order valence-electron chi connectivity index (χ4n) is 3.20. The molecule has 1 N–H and O–H groups in total. The van der Waals surface area contributed by atoms with Crippen LogP contribution in [0.2, 0.25) is 0 Å². The zero-order chi connectivity index (χ0) is 14.5. The summed E-state index contributed by atoms with van der Waals surface area (Å²) >= 11 is 6.12. The average molecular weight is 450 g/mol. The quantitative estimate of drug-likeness (QED) is 0.550. The smallest absolute Gasteiger partial charge is 0.0359 e. The third kappa shape index (κ3) is 4.44. The Morgan fingerprint density at radius 1 is 1.30 bits per heavy atom. The maximum atomic E-state index is 3.81. The molecule has 1 saturated carbocycles. The van der Waals surface area contributed by atoms with Gasteiger partial charge >= 0.3 is 0 Å². The van der Waals surface area contributed by atoms with Crippen molar-refractivity contribution in [2.75, 3.05) is 6.54 Å². The van der Waals surface area contributed by atoms with Crippen LogP contribution in [-0.4, -0.2) is 6.54 Å². The Labute approximate surface area is 145 Å². The third-order valence-electron chi connectivity index (χ3n) is 4.44. The van der Waals surface area contributed by atoms with Crippen molar-refractivity contribution in [3.63, 3.8) is 0 Å². The van der Waals surface area contributed by atoms with Gasteiger partial charge in [0.15, 0.2) is 0 Å². The van der Waals surface area contributed by atoms with Crippen LogP contribution < -0.4 is 5.32 Å². The number of hydrogen-bond acceptors (Lipinski definition) is 1. The van der Waals surface area contributed by atoms with Crippen LogP contribution in [0.4, 0.5) is 0 Å². The van der Waals surface area contributed by atoms with Crippen LogP contribution in [0.1, 0.15) is 57.6 Å². The van der Waals surface area contributed by atoms with Gasteiger partial charge in [0.05, 0.1) is 0 Å². The first kappa shape index (κ1) is 16.8. The highest BCUT2D eigenvalue weighted by Crippen LogP contribution is 2.38. The Hall–Kier alpha value is 0.390. The molecule has 1 unspecified atom stereocenters. The van der Waals surface area contributed by atoms with Crippen LogP contribution in [0, 0.1) is 15.4 Å². The maximum Gasteiger partial charge on any atom is 0.0359 e. The second-order valence-electron chi connectivity index (χ2n) is 6.12. The minimum Gasteiger partial charge on any atom is -0.310 e. The molecule has 1 aliphatic carbocycles. The van der Waals surface area contributed by atoms with E-state index < -0.39 is 0 Å². The summed E-state index contributed by atoms with van der Waals surface area (Å²) in [6.07, 6.45) is 6.71. The molecule has 0 radical (unpaired) electrons. The molecule has 0 bridgehead atoms. The van der Waals surface area contributed by atoms with Crippen molar-refractivity contribution in [3.8, 4) is 0 Å². The molecule has 1 atom stereocenters. The monoisotopic (exact) mass is 449 g/mol. The van der Waals surface area contributed by atoms with Crippen LogP contribution in [0.3, 0.4) is 0 Å². The van der Waals surface area contributed by atoms with Gasteiger partial charge in [-0.1, -0.05) is 42.6 Å². The van der Waals surface area contributed by atoms with E-state index in [1.807, 2.05) is 0 Å². The molecule has 0 amide bonds. The van der Waals surface area contributed by atoms with Crippen LogP contribution in [0.5, 0.6) is 0 Å². The van der Waals surface area contributed by atoms with Crippen LogP contribution in [0.15, 0.2) is 22.7 Å². The zero-order valence-corrected chi connectivity index (χ0v) is 16.2. The first-order valence-electron chi connectivity index (χ1n) is 7.80. The summed E-state index contributed by atoms with van der Waals surface area (Å²) in [5.41, 5.74) is 1.48. The highest BCUT2D eigenvalue weighted by Gasteiger charge is 2.28. The number of rotatable bonds is 5. The molecule has 3 heteroatoms. The van der Waals surface area contributed by atoms with Crippen LogP contribution in [-0.2, 0) is 0 Å². The minimum atomic E-state index is 0.520. The molecular weight excluding hydrogens is 425 g/mol. The van der Waals surface area contributed by atoms with Gasteiger partial charge in [-0.25, -0.2) is 0 Å². The molecule has 0 aromatic heterocycles. The van der Waals surface area contributed by atoms with E-state index in [9.17, 15) is 0 Å². The second-order valence-corrected chi connectivity index (χ2v) is 8.20. The van der Waals surface area contributed by atoms with Crippen molar-refractivity contribution in [2.45, 2.75) is 52.0 Å². The van der Waals surface area contributed by atoms with E-state index in [0.29, 0.717) is 6.04 Å². The maximum absolute atomic E-state index is 3.81. The lowest BCUT2D eigenvalue weighted by atomic mass is 9.77. The summed E-state index contributed by atoms with van der Waals surface area (Å²) in [6.45, 7) is 5.76. The average Bonchev–Trinajstić information content (AvgIpc) is 2.44. The van der Waals surface area contributed by atoms with Crippen molar-refractivity contribution in [1.82, 2.24) is 5.32 Å². The normalized spacial score (nSPS) is 24.6. The fraction of sp³-hybridized carbons (Fsp3) is 0.647. The van der Waals surface area contributed by atoms with Crippen molar-refractivity contribution >= 4 is 38.5 Å². The molecule has 1 aromatic rings. The lowest BCUT2D eigenvalue weighted by molar-refractivity contribution is 0.231. The Morgan fingerprint density at radius 2 is 2.00 bits per heavy atom. The Balaban J connectivity index is 2.20. The van der Waals surface area contributed by atoms with E-state index in [2.05, 4.69) is 75.9 Å². The third-order valence-corrected chi connectivity index (χ3v) is 5.91. The summed E-state index contributed by atoms with van der Waals surface area (Å²) in [5, 5.41) is 3.81. The van der Waals surface area contributed by atoms with Gasteiger partial charge in [-0.05, 0) is 84.0 Å². The molecular formula is C17H25BrIN. The largest absolute Gasteiger partial charge is 0.310 e. The van der Waals surface area contributed by atoms with Gasteiger partial charge in [0, 0.05) is 14.1 Å². The van der Waals surface area contributed by atoms with E-state index in [-0.39, 0.29) is 0 Å². The van der Waals surface area contributed by atoms with Gasteiger partial charge in [-0.15, -0.1) is 0 Å². The van der Waals surface area contributed by atoms with E-state index >= 15 is 0 Å². The van der Waals surface area contributed by atoms with Gasteiger partial charge in [0.25, 0.3) is 0 Å². The highest BCUT2D eigenvalue weighted by molar-refractivity contribution is 14.1. The van der Waals surface area contributed by atoms with Gasteiger partial charge < -0.3 is 5.32 Å². The molecule has 1 aromatic carbocycles. The van der Waals surface area contributed by atoms with Crippen LogP contribution in [0.25, 0.3) is 0 Å². The van der Waals surface area contributed by atoms with Crippen molar-refractivity contribution in [3.05, 3.63) is 31.8 Å². The Bertz CT molecular complexity index is 427. The Morgan fingerprint density at radius 3 is 2.65 bits per heavy atom. The second kappa shape index (κ2) is 8.14. The molecule has 20 heavy (non-hydrogen) atoms. The Kier molecular flexibility index (Phi) is 6.82. The molecule has 1 aliphatic rings. The first-order chi connectivity index (χ1) is 9.61. The number of hydrogen-bond donors (Lipinski definition) is 1. The van der Waals surface area contributed by atoms with Crippen molar-refractivity contribution in [1.29, 1.82) is 0 Å². The molecule has 112 valence electrons. The lowest BCUT2D eigenvalue weighted by Crippen LogP contribution is -2.32. The van der Waals surface area contributed by atoms with Gasteiger partial charge in [-0.3, -0.25) is 0 Å². The zero-order valence-electron chi connectivity index (χ0n) is 12.5. The summed E-state index contributed by atoms with van der Waals surface area (Å²) in [4.78, 5) is 0. The van der Waals surface area contributed by atoms with Crippen molar-refractivity contribution in [2.24, 2.45) is 11.8 Å². The van der Waals surface area contributed by atoms with Gasteiger partial charge in [0.1, 0.15) is 0 Å². The minimum absolute atomic E-state index is 0.520. The van der Waals surface area contributed by atoms with Gasteiger partial charge in [0.2, 0.25) is 0 Å². The molecule has 2 rings (SSSR count). The fourth-order valence-corrected chi connectivity index (χ4v) is 4.25. The summed E-state index contributed by atoms with van der Waals surface area (Å²) in [6, 6.07) is 7.21. The first-order valence-corrected chi connectivity index (χ1v) is 9.67. The number of benzene rings is 1. The molecule has 0 saturated heterocycles. The summed E-state index contributed by atoms with van der Waals surface area (Å²) in [5.74, 6) is 1.71. The molecule has 1 fully saturated rings. The summed E-state index contributed by atoms with van der Waals surface area (Å²) < 4.78 is 2.58. The topological polar surface area (TPSA) is 12.0 Å². The summed E-state index contributed by atoms with van der Waals surface area (Å²) in [7, 11) is 0. The SMILES string of the molecule is CCCNC(c1cc(Br)ccc1I)C1CCC(C)CC1. The highest BCUT2D eigenvalue weighted by atomic mass is 127. The van der Waals surface area contributed by atoms with E-state index in [4.69, 9.17) is 0 Å². The standard InChI is InChI=1S/C17H25BrIN/c1-3-10-20-17(13-6-4-12(2)5-7-13)15-11-14(18)8-9-16(15)19/h8-9,11-13,17,20H,3-7,10H2,1-2H3.